The van der Waals surface area contributed by atoms with Crippen molar-refractivity contribution in [2.24, 2.45) is 0 Å². The van der Waals surface area contributed by atoms with Gasteiger partial charge >= 0.3 is 0 Å². The number of benzene rings is 1. The Balaban J connectivity index is 2.78. The topological polar surface area (TPSA) is 36.1 Å². The molecule has 0 aliphatic carbocycles. The van der Waals surface area contributed by atoms with Gasteiger partial charge in [-0.1, -0.05) is 6.07 Å². The van der Waals surface area contributed by atoms with Crippen molar-refractivity contribution < 1.29 is 4.39 Å². The fourth-order valence-electron chi connectivity index (χ4n) is 2.00. The van der Waals surface area contributed by atoms with Gasteiger partial charge in [-0.05, 0) is 44.1 Å². The lowest BCUT2D eigenvalue weighted by molar-refractivity contribution is 0.402. The summed E-state index contributed by atoms with van der Waals surface area (Å²) in [6, 6.07) is 4.35. The van der Waals surface area contributed by atoms with Crippen molar-refractivity contribution in [3.05, 3.63) is 45.6 Å². The minimum absolute atomic E-state index is 0.237. The molecule has 2 rings (SSSR count). The first-order chi connectivity index (χ1) is 7.99. The van der Waals surface area contributed by atoms with Crippen molar-refractivity contribution in [2.75, 3.05) is 14.1 Å². The lowest BCUT2D eigenvalue weighted by atomic mass is 10.0. The second kappa shape index (κ2) is 4.30. The van der Waals surface area contributed by atoms with E-state index in [9.17, 15) is 9.18 Å². The van der Waals surface area contributed by atoms with Crippen LogP contribution < -0.4 is 5.56 Å². The van der Waals surface area contributed by atoms with Crippen molar-refractivity contribution in [1.82, 2.24) is 9.88 Å². The first-order valence-corrected chi connectivity index (χ1v) is 5.45. The van der Waals surface area contributed by atoms with Crippen LogP contribution in [0.1, 0.15) is 11.3 Å². The number of fused-ring (bicyclic) bond motifs is 1. The SMILES string of the molecule is Cc1[nH]c(=O)c2cc(F)ccc2c1CN(C)C. The molecule has 0 saturated heterocycles. The highest BCUT2D eigenvalue weighted by Crippen LogP contribution is 2.19. The van der Waals surface area contributed by atoms with Gasteiger partial charge < -0.3 is 9.88 Å². The van der Waals surface area contributed by atoms with Crippen LogP contribution >= 0.6 is 0 Å². The molecule has 0 bridgehead atoms. The van der Waals surface area contributed by atoms with Gasteiger partial charge in [-0.25, -0.2) is 4.39 Å². The zero-order chi connectivity index (χ0) is 12.6. The van der Waals surface area contributed by atoms with Crippen LogP contribution in [-0.2, 0) is 6.54 Å². The third-order valence-electron chi connectivity index (χ3n) is 2.78. The predicted octanol–water partition coefficient (Wildman–Crippen LogP) is 2.04. The zero-order valence-electron chi connectivity index (χ0n) is 10.2. The molecule has 0 saturated carbocycles. The highest BCUT2D eigenvalue weighted by molar-refractivity contribution is 5.85. The van der Waals surface area contributed by atoms with E-state index in [1.165, 1.54) is 12.1 Å². The number of hydrogen-bond donors (Lipinski definition) is 1. The Labute approximate surface area is 98.9 Å². The summed E-state index contributed by atoms with van der Waals surface area (Å²) in [5.41, 5.74) is 1.63. The van der Waals surface area contributed by atoms with Crippen molar-refractivity contribution in [2.45, 2.75) is 13.5 Å². The Kier molecular flexibility index (Phi) is 2.98. The predicted molar refractivity (Wildman–Crippen MR) is 66.7 cm³/mol. The number of aryl methyl sites for hydroxylation is 1. The second-order valence-electron chi connectivity index (χ2n) is 4.49. The van der Waals surface area contributed by atoms with Crippen LogP contribution in [0.3, 0.4) is 0 Å². The number of hydrogen-bond acceptors (Lipinski definition) is 2. The summed E-state index contributed by atoms with van der Waals surface area (Å²) in [5.74, 6) is -0.386. The minimum atomic E-state index is -0.386. The third kappa shape index (κ3) is 2.22. The van der Waals surface area contributed by atoms with Gasteiger partial charge in [0.15, 0.2) is 0 Å². The lowest BCUT2D eigenvalue weighted by Crippen LogP contribution is -2.17. The molecule has 1 aromatic carbocycles. The van der Waals surface area contributed by atoms with Gasteiger partial charge in [0.25, 0.3) is 5.56 Å². The number of pyridine rings is 1. The minimum Gasteiger partial charge on any atom is -0.326 e. The molecule has 1 N–H and O–H groups in total. The van der Waals surface area contributed by atoms with Crippen LogP contribution in [0.25, 0.3) is 10.8 Å². The maximum absolute atomic E-state index is 13.1. The van der Waals surface area contributed by atoms with Crippen LogP contribution in [0.4, 0.5) is 4.39 Å². The van der Waals surface area contributed by atoms with Crippen molar-refractivity contribution in [3.63, 3.8) is 0 Å². The lowest BCUT2D eigenvalue weighted by Gasteiger charge is -2.14. The van der Waals surface area contributed by atoms with Crippen LogP contribution in [0.15, 0.2) is 23.0 Å². The summed E-state index contributed by atoms with van der Waals surface area (Å²) in [5, 5.41) is 1.23. The molecule has 0 radical (unpaired) electrons. The van der Waals surface area contributed by atoms with E-state index in [1.807, 2.05) is 25.9 Å². The molecule has 4 heteroatoms. The third-order valence-corrected chi connectivity index (χ3v) is 2.78. The first kappa shape index (κ1) is 11.8. The van der Waals surface area contributed by atoms with E-state index in [-0.39, 0.29) is 11.4 Å². The number of halogens is 1. The van der Waals surface area contributed by atoms with Gasteiger partial charge in [0.2, 0.25) is 0 Å². The molecule has 3 nitrogen and oxygen atoms in total. The molecule has 1 aromatic heterocycles. The summed E-state index contributed by atoms with van der Waals surface area (Å²) in [7, 11) is 3.92. The monoisotopic (exact) mass is 234 g/mol. The fourth-order valence-corrected chi connectivity index (χ4v) is 2.00. The van der Waals surface area contributed by atoms with Crippen molar-refractivity contribution in [1.29, 1.82) is 0 Å². The molecule has 0 aliphatic heterocycles. The second-order valence-corrected chi connectivity index (χ2v) is 4.49. The number of H-pyrrole nitrogens is 1. The number of nitrogens with one attached hydrogen (secondary N) is 1. The molecule has 0 atom stereocenters. The van der Waals surface area contributed by atoms with Gasteiger partial charge in [-0.3, -0.25) is 4.79 Å². The van der Waals surface area contributed by atoms with Crippen LogP contribution in [-0.4, -0.2) is 24.0 Å². The fraction of sp³-hybridized carbons (Fsp3) is 0.308. The van der Waals surface area contributed by atoms with Crippen molar-refractivity contribution >= 4 is 10.8 Å². The average Bonchev–Trinajstić information content (AvgIpc) is 2.24. The molecule has 0 amide bonds. The normalized spacial score (nSPS) is 11.4. The largest absolute Gasteiger partial charge is 0.326 e. The van der Waals surface area contributed by atoms with E-state index >= 15 is 0 Å². The summed E-state index contributed by atoms with van der Waals surface area (Å²) in [6.07, 6.45) is 0. The van der Waals surface area contributed by atoms with Crippen LogP contribution in [0.2, 0.25) is 0 Å². The van der Waals surface area contributed by atoms with Crippen LogP contribution in [0.5, 0.6) is 0 Å². The molecular weight excluding hydrogens is 219 g/mol. The molecule has 2 aromatic rings. The maximum atomic E-state index is 13.1. The number of nitrogens with zero attached hydrogens (tertiary/aromatic N) is 1. The molecule has 0 spiro atoms. The Bertz CT molecular complexity index is 617. The number of rotatable bonds is 2. The Morgan fingerprint density at radius 1 is 1.29 bits per heavy atom. The summed E-state index contributed by atoms with van der Waals surface area (Å²) >= 11 is 0. The van der Waals surface area contributed by atoms with Gasteiger partial charge in [0, 0.05) is 12.2 Å². The van der Waals surface area contributed by atoms with Gasteiger partial charge in [0.05, 0.1) is 5.39 Å². The van der Waals surface area contributed by atoms with E-state index in [0.717, 1.165) is 16.6 Å². The molecule has 1 heterocycles. The molecule has 0 aliphatic rings. The Morgan fingerprint density at radius 3 is 2.65 bits per heavy atom. The smallest absolute Gasteiger partial charge is 0.256 e. The van der Waals surface area contributed by atoms with Gasteiger partial charge in [-0.15, -0.1) is 0 Å². The van der Waals surface area contributed by atoms with E-state index in [1.54, 1.807) is 6.07 Å². The van der Waals surface area contributed by atoms with Crippen molar-refractivity contribution in [3.8, 4) is 0 Å². The summed E-state index contributed by atoms with van der Waals surface area (Å²) in [6.45, 7) is 2.58. The molecule has 17 heavy (non-hydrogen) atoms. The molecule has 0 fully saturated rings. The van der Waals surface area contributed by atoms with E-state index in [0.29, 0.717) is 11.9 Å². The highest BCUT2D eigenvalue weighted by Gasteiger charge is 2.10. The standard InChI is InChI=1S/C13H15FN2O/c1-8-12(7-16(2)3)10-5-4-9(14)6-11(10)13(17)15-8/h4-6H,7H2,1-3H3,(H,15,17). The molecule has 90 valence electrons. The Hall–Kier alpha value is -1.68. The Morgan fingerprint density at radius 2 is 2.00 bits per heavy atom. The number of aromatic amines is 1. The number of aromatic nitrogens is 1. The average molecular weight is 234 g/mol. The van der Waals surface area contributed by atoms with Crippen LogP contribution in [0, 0.1) is 12.7 Å². The van der Waals surface area contributed by atoms with E-state index < -0.39 is 0 Å². The molecule has 0 unspecified atom stereocenters. The van der Waals surface area contributed by atoms with Gasteiger partial charge in [0.1, 0.15) is 5.82 Å². The zero-order valence-corrected chi connectivity index (χ0v) is 10.2. The van der Waals surface area contributed by atoms with E-state index in [4.69, 9.17) is 0 Å². The summed E-state index contributed by atoms with van der Waals surface area (Å²) in [4.78, 5) is 16.5. The first-order valence-electron chi connectivity index (χ1n) is 5.45. The van der Waals surface area contributed by atoms with Gasteiger partial charge in [-0.2, -0.15) is 0 Å². The maximum Gasteiger partial charge on any atom is 0.256 e. The van der Waals surface area contributed by atoms with E-state index in [2.05, 4.69) is 4.98 Å². The highest BCUT2D eigenvalue weighted by atomic mass is 19.1. The summed E-state index contributed by atoms with van der Waals surface area (Å²) < 4.78 is 13.1. The quantitative estimate of drug-likeness (QED) is 0.863. The molecular formula is C13H15FN2O.